The average Bonchev–Trinajstić information content (AvgIpc) is 2.75. The number of para-hydroxylation sites is 2. The van der Waals surface area contributed by atoms with E-state index in [1.165, 1.54) is 18.2 Å². The molecule has 1 aliphatic heterocycles. The zero-order chi connectivity index (χ0) is 22.3. The highest BCUT2D eigenvalue weighted by Crippen LogP contribution is 2.29. The minimum absolute atomic E-state index is 0.0367. The number of benzene rings is 1. The lowest BCUT2D eigenvalue weighted by Gasteiger charge is -2.34. The molecule has 0 bridgehead atoms. The van der Waals surface area contributed by atoms with Crippen molar-refractivity contribution in [2.75, 3.05) is 42.9 Å². The SMILES string of the molecule is O=C(NCCC(=O)N1CCN(c2ncccn2)CC1)Nc1ccccc1OC(F)(F)F. The number of nitrogens with zero attached hydrogens (tertiary/aromatic N) is 4. The van der Waals surface area contributed by atoms with Crippen molar-refractivity contribution in [3.05, 3.63) is 42.7 Å². The second-order valence-corrected chi connectivity index (χ2v) is 6.59. The molecule has 12 heteroatoms. The van der Waals surface area contributed by atoms with Gasteiger partial charge in [0.25, 0.3) is 0 Å². The predicted octanol–water partition coefficient (Wildman–Crippen LogP) is 2.24. The number of anilines is 2. The van der Waals surface area contributed by atoms with Crippen molar-refractivity contribution in [1.82, 2.24) is 20.2 Å². The van der Waals surface area contributed by atoms with Gasteiger partial charge in [-0.3, -0.25) is 4.79 Å². The number of carbonyl (C=O) groups excluding carboxylic acids is 2. The second kappa shape index (κ2) is 9.96. The molecule has 1 aliphatic rings. The number of halogens is 3. The number of alkyl halides is 3. The minimum atomic E-state index is -4.88. The van der Waals surface area contributed by atoms with Crippen LogP contribution in [0, 0.1) is 0 Å². The van der Waals surface area contributed by atoms with Crippen molar-refractivity contribution >= 4 is 23.6 Å². The minimum Gasteiger partial charge on any atom is -0.404 e. The molecule has 3 amide bonds. The third-order valence-electron chi connectivity index (χ3n) is 4.45. The Morgan fingerprint density at radius 3 is 2.39 bits per heavy atom. The number of hydrogen-bond acceptors (Lipinski definition) is 6. The fraction of sp³-hybridized carbons (Fsp3) is 0.368. The molecule has 0 unspecified atom stereocenters. The summed E-state index contributed by atoms with van der Waals surface area (Å²) in [4.78, 5) is 36.4. The number of aromatic nitrogens is 2. The summed E-state index contributed by atoms with van der Waals surface area (Å²) >= 11 is 0. The van der Waals surface area contributed by atoms with E-state index in [1.807, 2.05) is 4.90 Å². The van der Waals surface area contributed by atoms with Crippen LogP contribution < -0.4 is 20.3 Å². The van der Waals surface area contributed by atoms with Gasteiger partial charge in [0.2, 0.25) is 11.9 Å². The zero-order valence-electron chi connectivity index (χ0n) is 16.4. The van der Waals surface area contributed by atoms with Crippen LogP contribution in [-0.2, 0) is 4.79 Å². The fourth-order valence-corrected chi connectivity index (χ4v) is 3.00. The van der Waals surface area contributed by atoms with Crippen LogP contribution >= 0.6 is 0 Å². The first kappa shape index (κ1) is 22.1. The lowest BCUT2D eigenvalue weighted by atomic mass is 10.3. The molecule has 1 fully saturated rings. The number of rotatable bonds is 6. The molecule has 3 rings (SSSR count). The molecule has 0 saturated carbocycles. The highest BCUT2D eigenvalue weighted by Gasteiger charge is 2.32. The molecule has 1 aromatic carbocycles. The zero-order valence-corrected chi connectivity index (χ0v) is 16.4. The van der Waals surface area contributed by atoms with Gasteiger partial charge >= 0.3 is 12.4 Å². The number of hydrogen-bond donors (Lipinski definition) is 2. The predicted molar refractivity (Wildman–Crippen MR) is 106 cm³/mol. The van der Waals surface area contributed by atoms with Gasteiger partial charge in [0.1, 0.15) is 0 Å². The average molecular weight is 438 g/mol. The molecule has 2 heterocycles. The maximum atomic E-state index is 12.4. The van der Waals surface area contributed by atoms with Crippen LogP contribution in [-0.4, -0.2) is 65.9 Å². The van der Waals surface area contributed by atoms with Crippen LogP contribution in [0.4, 0.5) is 29.6 Å². The van der Waals surface area contributed by atoms with Crippen molar-refractivity contribution < 1.29 is 27.5 Å². The number of piperazine rings is 1. The van der Waals surface area contributed by atoms with Crippen LogP contribution in [0.3, 0.4) is 0 Å². The molecule has 0 spiro atoms. The first-order valence-electron chi connectivity index (χ1n) is 9.51. The van der Waals surface area contributed by atoms with Crippen LogP contribution in [0.15, 0.2) is 42.7 Å². The summed E-state index contributed by atoms with van der Waals surface area (Å²) in [5.74, 6) is -0.0426. The van der Waals surface area contributed by atoms with Crippen LogP contribution in [0.5, 0.6) is 5.75 Å². The molecule has 1 aromatic heterocycles. The Labute approximate surface area is 176 Å². The van der Waals surface area contributed by atoms with Crippen molar-refractivity contribution in [3.63, 3.8) is 0 Å². The third kappa shape index (κ3) is 6.73. The van der Waals surface area contributed by atoms with Gasteiger partial charge in [-0.2, -0.15) is 0 Å². The van der Waals surface area contributed by atoms with Crippen molar-refractivity contribution in [2.45, 2.75) is 12.8 Å². The smallest absolute Gasteiger partial charge is 0.404 e. The molecule has 166 valence electrons. The van der Waals surface area contributed by atoms with Gasteiger partial charge in [0.05, 0.1) is 5.69 Å². The molecule has 0 atom stereocenters. The standard InChI is InChI=1S/C19H21F3N6O3/c20-19(21,22)31-15-5-2-1-4-14(15)26-18(30)25-9-6-16(29)27-10-12-28(13-11-27)17-23-7-3-8-24-17/h1-5,7-8H,6,9-13H2,(H2,25,26,30). The lowest BCUT2D eigenvalue weighted by molar-refractivity contribution is -0.274. The molecular weight excluding hydrogens is 417 g/mol. The Morgan fingerprint density at radius 2 is 1.71 bits per heavy atom. The molecule has 1 saturated heterocycles. The summed E-state index contributed by atoms with van der Waals surface area (Å²) in [6.45, 7) is 2.24. The number of carbonyl (C=O) groups is 2. The normalized spacial score (nSPS) is 14.2. The maximum absolute atomic E-state index is 12.4. The molecule has 31 heavy (non-hydrogen) atoms. The van der Waals surface area contributed by atoms with Gasteiger partial charge in [0, 0.05) is 51.5 Å². The highest BCUT2D eigenvalue weighted by atomic mass is 19.4. The molecule has 0 aliphatic carbocycles. The number of ether oxygens (including phenoxy) is 1. The van der Waals surface area contributed by atoms with Gasteiger partial charge in [-0.1, -0.05) is 12.1 Å². The molecule has 0 radical (unpaired) electrons. The summed E-state index contributed by atoms with van der Waals surface area (Å²) in [5.41, 5.74) is -0.136. The highest BCUT2D eigenvalue weighted by molar-refractivity contribution is 5.91. The quantitative estimate of drug-likeness (QED) is 0.718. The van der Waals surface area contributed by atoms with Gasteiger partial charge in [-0.15, -0.1) is 13.2 Å². The first-order valence-corrected chi connectivity index (χ1v) is 9.51. The molecule has 9 nitrogen and oxygen atoms in total. The van der Waals surface area contributed by atoms with E-state index in [2.05, 4.69) is 25.3 Å². The van der Waals surface area contributed by atoms with Crippen LogP contribution in [0.1, 0.15) is 6.42 Å². The van der Waals surface area contributed by atoms with E-state index in [0.717, 1.165) is 6.07 Å². The Bertz CT molecular complexity index is 889. The summed E-state index contributed by atoms with van der Waals surface area (Å²) in [6.07, 6.45) is -1.50. The number of urea groups is 1. The molecule has 2 N–H and O–H groups in total. The largest absolute Gasteiger partial charge is 0.573 e. The van der Waals surface area contributed by atoms with Gasteiger partial charge in [-0.25, -0.2) is 14.8 Å². The van der Waals surface area contributed by atoms with E-state index in [4.69, 9.17) is 0 Å². The van der Waals surface area contributed by atoms with E-state index in [9.17, 15) is 22.8 Å². The van der Waals surface area contributed by atoms with Crippen molar-refractivity contribution in [1.29, 1.82) is 0 Å². The Morgan fingerprint density at radius 1 is 1.03 bits per heavy atom. The third-order valence-corrected chi connectivity index (χ3v) is 4.45. The van der Waals surface area contributed by atoms with E-state index in [0.29, 0.717) is 32.1 Å². The second-order valence-electron chi connectivity index (χ2n) is 6.59. The monoisotopic (exact) mass is 438 g/mol. The summed E-state index contributed by atoms with van der Waals surface area (Å²) < 4.78 is 41.2. The van der Waals surface area contributed by atoms with E-state index in [-0.39, 0.29) is 24.6 Å². The van der Waals surface area contributed by atoms with E-state index >= 15 is 0 Å². The Kier molecular flexibility index (Phi) is 7.11. The van der Waals surface area contributed by atoms with E-state index < -0.39 is 18.1 Å². The fourth-order valence-electron chi connectivity index (χ4n) is 3.00. The van der Waals surface area contributed by atoms with Crippen molar-refractivity contribution in [3.8, 4) is 5.75 Å². The molecule has 2 aromatic rings. The van der Waals surface area contributed by atoms with Crippen LogP contribution in [0.2, 0.25) is 0 Å². The Hall–Kier alpha value is -3.57. The Balaban J connectivity index is 1.41. The first-order chi connectivity index (χ1) is 14.8. The summed E-state index contributed by atoms with van der Waals surface area (Å²) in [7, 11) is 0. The number of nitrogens with one attached hydrogen (secondary N) is 2. The maximum Gasteiger partial charge on any atom is 0.573 e. The number of amides is 3. The van der Waals surface area contributed by atoms with Gasteiger partial charge < -0.3 is 25.2 Å². The van der Waals surface area contributed by atoms with Crippen LogP contribution in [0.25, 0.3) is 0 Å². The van der Waals surface area contributed by atoms with Crippen molar-refractivity contribution in [2.24, 2.45) is 0 Å². The lowest BCUT2D eigenvalue weighted by Crippen LogP contribution is -2.49. The van der Waals surface area contributed by atoms with Gasteiger partial charge in [-0.05, 0) is 18.2 Å². The topological polar surface area (TPSA) is 99.7 Å². The molecular formula is C19H21F3N6O3. The van der Waals surface area contributed by atoms with Gasteiger partial charge in [0.15, 0.2) is 5.75 Å². The summed E-state index contributed by atoms with van der Waals surface area (Å²) in [6, 6.07) is 6.18. The summed E-state index contributed by atoms with van der Waals surface area (Å²) in [5, 5.41) is 4.75. The van der Waals surface area contributed by atoms with E-state index in [1.54, 1.807) is 23.4 Å².